The third-order valence-electron chi connectivity index (χ3n) is 4.26. The molecular weight excluding hydrogens is 438 g/mol. The van der Waals surface area contributed by atoms with Gasteiger partial charge in [-0.25, -0.2) is 13.4 Å². The van der Waals surface area contributed by atoms with Crippen LogP contribution in [0.3, 0.4) is 0 Å². The maximum Gasteiger partial charge on any atom is 0.244 e. The van der Waals surface area contributed by atoms with Crippen molar-refractivity contribution >= 4 is 48.3 Å². The molecule has 2 aromatic rings. The first-order chi connectivity index (χ1) is 12.3. The number of aromatic nitrogens is 1. The van der Waals surface area contributed by atoms with Gasteiger partial charge in [0.05, 0.1) is 6.26 Å². The molecule has 1 unspecified atom stereocenters. The lowest BCUT2D eigenvalue weighted by molar-refractivity contribution is -0.120. The number of sulfonamides is 1. The van der Waals surface area contributed by atoms with Gasteiger partial charge in [-0.3, -0.25) is 4.79 Å². The van der Waals surface area contributed by atoms with E-state index < -0.39 is 16.1 Å². The molecule has 1 aliphatic rings. The number of carbonyl (C=O) groups is 1. The van der Waals surface area contributed by atoms with Gasteiger partial charge in [0.25, 0.3) is 0 Å². The second-order valence-electron chi connectivity index (χ2n) is 6.31. The highest BCUT2D eigenvalue weighted by Gasteiger charge is 2.34. The lowest BCUT2D eigenvalue weighted by atomic mass is 10.0. The van der Waals surface area contributed by atoms with E-state index in [2.05, 4.69) is 26.2 Å². The highest BCUT2D eigenvalue weighted by Crippen LogP contribution is 2.25. The van der Waals surface area contributed by atoms with Crippen molar-refractivity contribution in [1.82, 2.24) is 9.29 Å². The Kier molecular flexibility index (Phi) is 6.11. The predicted octanol–water partition coefficient (Wildman–Crippen LogP) is 3.25. The fourth-order valence-corrected chi connectivity index (χ4v) is 5.24. The van der Waals surface area contributed by atoms with Crippen LogP contribution in [0.25, 0.3) is 0 Å². The molecule has 0 bridgehead atoms. The summed E-state index contributed by atoms with van der Waals surface area (Å²) in [4.78, 5) is 17.9. The van der Waals surface area contributed by atoms with E-state index in [1.54, 1.807) is 6.20 Å². The number of hydrogen-bond acceptors (Lipinski definition) is 5. The summed E-state index contributed by atoms with van der Waals surface area (Å²) >= 11 is 4.82. The minimum absolute atomic E-state index is 0.306. The van der Waals surface area contributed by atoms with E-state index in [1.807, 2.05) is 24.3 Å². The number of halogens is 1. The number of carbonyl (C=O) groups excluding carboxylic acids is 1. The molecule has 0 saturated carbocycles. The Hall–Kier alpha value is -1.29. The molecule has 0 radical (unpaired) electrons. The Balaban J connectivity index is 1.66. The third kappa shape index (κ3) is 4.91. The molecule has 1 aliphatic heterocycles. The Bertz CT molecular complexity index is 881. The van der Waals surface area contributed by atoms with Crippen molar-refractivity contribution in [3.05, 3.63) is 45.4 Å². The van der Waals surface area contributed by atoms with Crippen LogP contribution in [-0.4, -0.2) is 42.5 Å². The van der Waals surface area contributed by atoms with E-state index >= 15 is 0 Å². The first-order valence-electron chi connectivity index (χ1n) is 8.30. The summed E-state index contributed by atoms with van der Waals surface area (Å²) in [5.74, 6) is -0.306. The van der Waals surface area contributed by atoms with Gasteiger partial charge >= 0.3 is 0 Å². The van der Waals surface area contributed by atoms with Crippen molar-refractivity contribution in [3.63, 3.8) is 0 Å². The van der Waals surface area contributed by atoms with E-state index in [4.69, 9.17) is 0 Å². The standard InChI is InChI=1S/C17H20BrN3O3S2/c1-26(23,24)21-9-3-2-4-15(21)16(22)20-17-19-11-14(25-17)10-12-5-7-13(18)8-6-12/h5-8,11,15H,2-4,9-10H2,1H3,(H,19,20,22). The van der Waals surface area contributed by atoms with Gasteiger partial charge in [0.15, 0.2) is 5.13 Å². The highest BCUT2D eigenvalue weighted by molar-refractivity contribution is 9.10. The lowest BCUT2D eigenvalue weighted by Crippen LogP contribution is -2.49. The molecule has 1 aromatic carbocycles. The average molecular weight is 458 g/mol. The summed E-state index contributed by atoms with van der Waals surface area (Å²) in [5.41, 5.74) is 1.16. The van der Waals surface area contributed by atoms with Crippen molar-refractivity contribution in [2.24, 2.45) is 0 Å². The Morgan fingerprint density at radius 1 is 1.35 bits per heavy atom. The molecule has 9 heteroatoms. The summed E-state index contributed by atoms with van der Waals surface area (Å²) in [7, 11) is -3.40. The van der Waals surface area contributed by atoms with E-state index in [0.29, 0.717) is 18.1 Å². The van der Waals surface area contributed by atoms with Crippen molar-refractivity contribution < 1.29 is 13.2 Å². The summed E-state index contributed by atoms with van der Waals surface area (Å²) in [5, 5.41) is 3.28. The summed E-state index contributed by atoms with van der Waals surface area (Å²) < 4.78 is 26.2. The van der Waals surface area contributed by atoms with Crippen LogP contribution in [0, 0.1) is 0 Å². The Labute approximate surface area is 165 Å². The number of benzene rings is 1. The minimum atomic E-state index is -3.40. The van der Waals surface area contributed by atoms with Gasteiger partial charge in [0, 0.05) is 28.5 Å². The first kappa shape index (κ1) is 19.5. The molecule has 1 N–H and O–H groups in total. The van der Waals surface area contributed by atoms with Gasteiger partial charge in [-0.05, 0) is 30.5 Å². The predicted molar refractivity (Wildman–Crippen MR) is 107 cm³/mol. The molecule has 0 spiro atoms. The number of rotatable bonds is 5. The van der Waals surface area contributed by atoms with Crippen molar-refractivity contribution in [2.45, 2.75) is 31.7 Å². The van der Waals surface area contributed by atoms with Crippen LogP contribution >= 0.6 is 27.3 Å². The van der Waals surface area contributed by atoms with Crippen LogP contribution < -0.4 is 5.32 Å². The maximum atomic E-state index is 12.6. The molecule has 3 rings (SSSR count). The number of thiazole rings is 1. The number of nitrogens with zero attached hydrogens (tertiary/aromatic N) is 2. The van der Waals surface area contributed by atoms with Crippen LogP contribution in [-0.2, 0) is 21.2 Å². The number of hydrogen-bond donors (Lipinski definition) is 1. The molecule has 1 aromatic heterocycles. The molecule has 140 valence electrons. The van der Waals surface area contributed by atoms with Gasteiger partial charge in [-0.1, -0.05) is 34.5 Å². The smallest absolute Gasteiger partial charge is 0.244 e. The van der Waals surface area contributed by atoms with Gasteiger partial charge < -0.3 is 5.32 Å². The van der Waals surface area contributed by atoms with Crippen LogP contribution in [0.4, 0.5) is 5.13 Å². The molecule has 2 heterocycles. The second kappa shape index (κ2) is 8.16. The second-order valence-corrected chi connectivity index (χ2v) is 10.3. The number of amides is 1. The molecule has 1 saturated heterocycles. The minimum Gasteiger partial charge on any atom is -0.301 e. The quantitative estimate of drug-likeness (QED) is 0.746. The fourth-order valence-electron chi connectivity index (χ4n) is 3.00. The molecule has 0 aliphatic carbocycles. The largest absolute Gasteiger partial charge is 0.301 e. The summed E-state index contributed by atoms with van der Waals surface area (Å²) in [6, 6.07) is 7.39. The third-order valence-corrected chi connectivity index (χ3v) is 6.99. The van der Waals surface area contributed by atoms with E-state index in [9.17, 15) is 13.2 Å². The fraction of sp³-hybridized carbons (Fsp3) is 0.412. The Morgan fingerprint density at radius 3 is 2.77 bits per heavy atom. The molecule has 1 amide bonds. The van der Waals surface area contributed by atoms with Gasteiger partial charge in [-0.2, -0.15) is 4.31 Å². The van der Waals surface area contributed by atoms with Crippen molar-refractivity contribution in [1.29, 1.82) is 0 Å². The van der Waals surface area contributed by atoms with Crippen molar-refractivity contribution in [2.75, 3.05) is 18.1 Å². The zero-order chi connectivity index (χ0) is 18.7. The lowest BCUT2D eigenvalue weighted by Gasteiger charge is -2.32. The molecule has 1 fully saturated rings. The zero-order valence-electron chi connectivity index (χ0n) is 14.3. The number of anilines is 1. The molecular formula is C17H20BrN3O3S2. The van der Waals surface area contributed by atoms with Gasteiger partial charge in [0.1, 0.15) is 6.04 Å². The average Bonchev–Trinajstić information content (AvgIpc) is 3.03. The highest BCUT2D eigenvalue weighted by atomic mass is 79.9. The SMILES string of the molecule is CS(=O)(=O)N1CCCCC1C(=O)Nc1ncc(Cc2ccc(Br)cc2)s1. The number of piperidine rings is 1. The summed E-state index contributed by atoms with van der Waals surface area (Å²) in [6.07, 6.45) is 5.80. The molecule has 1 atom stereocenters. The number of nitrogens with one attached hydrogen (secondary N) is 1. The van der Waals surface area contributed by atoms with Gasteiger partial charge in [-0.15, -0.1) is 11.3 Å². The van der Waals surface area contributed by atoms with Crippen LogP contribution in [0.1, 0.15) is 29.7 Å². The first-order valence-corrected chi connectivity index (χ1v) is 11.8. The molecule has 26 heavy (non-hydrogen) atoms. The van der Waals surface area contributed by atoms with E-state index in [-0.39, 0.29) is 5.91 Å². The zero-order valence-corrected chi connectivity index (χ0v) is 17.5. The normalized spacial score (nSPS) is 18.6. The maximum absolute atomic E-state index is 12.6. The summed E-state index contributed by atoms with van der Waals surface area (Å²) in [6.45, 7) is 0.392. The Morgan fingerprint density at radius 2 is 2.08 bits per heavy atom. The van der Waals surface area contributed by atoms with Crippen molar-refractivity contribution in [3.8, 4) is 0 Å². The van der Waals surface area contributed by atoms with Crippen LogP contribution in [0.5, 0.6) is 0 Å². The van der Waals surface area contributed by atoms with Crippen LogP contribution in [0.2, 0.25) is 0 Å². The van der Waals surface area contributed by atoms with Crippen LogP contribution in [0.15, 0.2) is 34.9 Å². The van der Waals surface area contributed by atoms with E-state index in [0.717, 1.165) is 40.4 Å². The molecule has 6 nitrogen and oxygen atoms in total. The van der Waals surface area contributed by atoms with Gasteiger partial charge in [0.2, 0.25) is 15.9 Å². The monoisotopic (exact) mass is 457 g/mol. The van der Waals surface area contributed by atoms with E-state index in [1.165, 1.54) is 15.6 Å². The topological polar surface area (TPSA) is 79.4 Å².